The lowest BCUT2D eigenvalue weighted by molar-refractivity contribution is -0.165. The summed E-state index contributed by atoms with van der Waals surface area (Å²) in [5.74, 6) is 0.215. The van der Waals surface area contributed by atoms with Gasteiger partial charge in [-0.05, 0) is 43.9 Å². The van der Waals surface area contributed by atoms with E-state index in [-0.39, 0.29) is 35.7 Å². The number of rotatable bonds is 8. The summed E-state index contributed by atoms with van der Waals surface area (Å²) in [5.41, 5.74) is 1.10. The monoisotopic (exact) mass is 385 g/mol. The van der Waals surface area contributed by atoms with Crippen LogP contribution in [0, 0.1) is 17.8 Å². The van der Waals surface area contributed by atoms with Crippen LogP contribution in [0.15, 0.2) is 36.4 Å². The van der Waals surface area contributed by atoms with Gasteiger partial charge in [-0.15, -0.1) is 0 Å². The minimum Gasteiger partial charge on any atom is -0.497 e. The number of amides is 1. The zero-order valence-corrected chi connectivity index (χ0v) is 17.1. The van der Waals surface area contributed by atoms with Crippen molar-refractivity contribution in [1.29, 1.82) is 0 Å². The van der Waals surface area contributed by atoms with Gasteiger partial charge in [0, 0.05) is 12.5 Å². The van der Waals surface area contributed by atoms with Crippen LogP contribution in [0.25, 0.3) is 0 Å². The first-order chi connectivity index (χ1) is 13.6. The molecule has 1 aliphatic heterocycles. The molecule has 0 unspecified atom stereocenters. The Kier molecular flexibility index (Phi) is 6.76. The van der Waals surface area contributed by atoms with Gasteiger partial charge in [0.25, 0.3) is 0 Å². The van der Waals surface area contributed by atoms with Gasteiger partial charge in [0.05, 0.1) is 31.6 Å². The van der Waals surface area contributed by atoms with Crippen molar-refractivity contribution in [3.05, 3.63) is 42.0 Å². The van der Waals surface area contributed by atoms with E-state index in [1.165, 1.54) is 0 Å². The molecule has 0 radical (unpaired) electrons. The fourth-order valence-electron chi connectivity index (χ4n) is 4.47. The van der Waals surface area contributed by atoms with Gasteiger partial charge >= 0.3 is 5.97 Å². The Morgan fingerprint density at radius 2 is 1.96 bits per heavy atom. The van der Waals surface area contributed by atoms with Gasteiger partial charge in [0.15, 0.2) is 0 Å². The highest BCUT2D eigenvalue weighted by Gasteiger charge is 2.53. The zero-order valence-electron chi connectivity index (χ0n) is 17.1. The van der Waals surface area contributed by atoms with Crippen molar-refractivity contribution in [2.75, 3.05) is 20.3 Å². The molecule has 0 spiro atoms. The van der Waals surface area contributed by atoms with Crippen LogP contribution < -0.4 is 4.74 Å². The highest BCUT2D eigenvalue weighted by Crippen LogP contribution is 2.49. The molecular weight excluding hydrogens is 354 g/mol. The van der Waals surface area contributed by atoms with Crippen molar-refractivity contribution >= 4 is 11.9 Å². The molecular formula is C23H31NO4. The van der Waals surface area contributed by atoms with E-state index in [2.05, 4.69) is 19.1 Å². The summed E-state index contributed by atoms with van der Waals surface area (Å²) in [7, 11) is 1.65. The largest absolute Gasteiger partial charge is 0.497 e. The van der Waals surface area contributed by atoms with Gasteiger partial charge in [0.1, 0.15) is 5.75 Å². The Labute approximate surface area is 167 Å². The number of allylic oxidation sites excluding steroid dienone is 2. The predicted molar refractivity (Wildman–Crippen MR) is 108 cm³/mol. The minimum atomic E-state index is -0.243. The second kappa shape index (κ2) is 9.26. The summed E-state index contributed by atoms with van der Waals surface area (Å²) < 4.78 is 10.6. The Morgan fingerprint density at radius 3 is 2.61 bits per heavy atom. The van der Waals surface area contributed by atoms with E-state index in [1.54, 1.807) is 7.11 Å². The molecule has 28 heavy (non-hydrogen) atoms. The number of carbonyl (C=O) groups is 2. The van der Waals surface area contributed by atoms with Crippen LogP contribution >= 0.6 is 0 Å². The molecule has 152 valence electrons. The second-order valence-electron chi connectivity index (χ2n) is 7.57. The Hall–Kier alpha value is -2.30. The van der Waals surface area contributed by atoms with E-state index in [4.69, 9.17) is 9.47 Å². The summed E-state index contributed by atoms with van der Waals surface area (Å²) in [4.78, 5) is 27.6. The third-order valence-corrected chi connectivity index (χ3v) is 5.93. The third-order valence-electron chi connectivity index (χ3n) is 5.93. The van der Waals surface area contributed by atoms with Crippen molar-refractivity contribution in [3.8, 4) is 5.75 Å². The number of nitrogens with zero attached hydrogens (tertiary/aromatic N) is 1. The van der Waals surface area contributed by atoms with E-state index in [0.29, 0.717) is 6.61 Å². The normalized spacial score (nSPS) is 26.7. The second-order valence-corrected chi connectivity index (χ2v) is 7.57. The number of β-lactam (4-membered cyclic amide) rings is 1. The molecule has 1 saturated heterocycles. The van der Waals surface area contributed by atoms with Gasteiger partial charge < -0.3 is 14.4 Å². The molecule has 0 saturated carbocycles. The molecule has 0 N–H and O–H groups in total. The quantitative estimate of drug-likeness (QED) is 0.383. The first kappa shape index (κ1) is 20.4. The molecule has 0 bridgehead atoms. The number of hydrogen-bond donors (Lipinski definition) is 0. The minimum absolute atomic E-state index is 0.00497. The fourth-order valence-corrected chi connectivity index (χ4v) is 4.47. The van der Waals surface area contributed by atoms with Gasteiger partial charge in [-0.25, -0.2) is 0 Å². The Morgan fingerprint density at radius 1 is 1.21 bits per heavy atom. The predicted octanol–water partition coefficient (Wildman–Crippen LogP) is 4.14. The van der Waals surface area contributed by atoms with E-state index < -0.39 is 0 Å². The van der Waals surface area contributed by atoms with Crippen LogP contribution in [0.5, 0.6) is 5.75 Å². The van der Waals surface area contributed by atoms with Crippen molar-refractivity contribution in [1.82, 2.24) is 4.90 Å². The van der Waals surface area contributed by atoms with Gasteiger partial charge in [-0.3, -0.25) is 9.59 Å². The molecule has 1 aliphatic carbocycles. The lowest BCUT2D eigenvalue weighted by Gasteiger charge is -2.51. The van der Waals surface area contributed by atoms with Crippen molar-refractivity contribution in [2.24, 2.45) is 17.8 Å². The maximum Gasteiger partial charge on any atom is 0.309 e. The molecule has 5 heteroatoms. The summed E-state index contributed by atoms with van der Waals surface area (Å²) in [6, 6.07) is 7.94. The number of hydrogen-bond acceptors (Lipinski definition) is 4. The van der Waals surface area contributed by atoms with Crippen LogP contribution in [0.1, 0.15) is 51.1 Å². The zero-order chi connectivity index (χ0) is 20.1. The molecule has 1 aromatic rings. The molecule has 1 amide bonds. The van der Waals surface area contributed by atoms with Crippen LogP contribution in [0.4, 0.5) is 0 Å². The van der Waals surface area contributed by atoms with Crippen LogP contribution in [0.2, 0.25) is 0 Å². The molecule has 1 fully saturated rings. The van der Waals surface area contributed by atoms with E-state index in [9.17, 15) is 9.59 Å². The average molecular weight is 386 g/mol. The number of esters is 1. The van der Waals surface area contributed by atoms with Crippen LogP contribution in [-0.2, 0) is 14.3 Å². The standard InChI is InChI=1S/C23H31NO4/c1-4-6-15-24-21(16-11-13-17(27-3)14-12-16)20(22(24)25)18-9-7-8-10-19(18)23(26)28-5-2/h7,9,11-14,18-21H,4-6,8,10,15H2,1-3H3/t18-,19+,20+,21-/m0/s1. The molecule has 3 rings (SSSR count). The summed E-state index contributed by atoms with van der Waals surface area (Å²) in [5, 5.41) is 0. The number of unbranched alkanes of at least 4 members (excludes halogenated alkanes) is 1. The molecule has 1 aromatic carbocycles. The number of methoxy groups -OCH3 is 1. The Balaban J connectivity index is 1.89. The van der Waals surface area contributed by atoms with Crippen LogP contribution in [0.3, 0.4) is 0 Å². The summed E-state index contributed by atoms with van der Waals surface area (Å²) >= 11 is 0. The highest BCUT2D eigenvalue weighted by molar-refractivity contribution is 5.88. The number of ether oxygens (including phenoxy) is 2. The highest BCUT2D eigenvalue weighted by atomic mass is 16.5. The third kappa shape index (κ3) is 3.94. The lowest BCUT2D eigenvalue weighted by atomic mass is 9.67. The molecule has 4 atom stereocenters. The maximum absolute atomic E-state index is 13.1. The van der Waals surface area contributed by atoms with Gasteiger partial charge in [-0.1, -0.05) is 37.6 Å². The first-order valence-electron chi connectivity index (χ1n) is 10.4. The molecule has 0 aromatic heterocycles. The summed E-state index contributed by atoms with van der Waals surface area (Å²) in [6.45, 7) is 5.08. The smallest absolute Gasteiger partial charge is 0.309 e. The topological polar surface area (TPSA) is 55.8 Å². The number of benzene rings is 1. The first-order valence-corrected chi connectivity index (χ1v) is 10.4. The van der Waals surface area contributed by atoms with Crippen molar-refractivity contribution < 1.29 is 19.1 Å². The van der Waals surface area contributed by atoms with E-state index in [1.807, 2.05) is 36.1 Å². The van der Waals surface area contributed by atoms with Gasteiger partial charge in [-0.2, -0.15) is 0 Å². The van der Waals surface area contributed by atoms with Crippen molar-refractivity contribution in [3.63, 3.8) is 0 Å². The number of likely N-dealkylation sites (tertiary alicyclic amines) is 1. The SMILES string of the molecule is CCCCN1C(=O)[C@H]([C@H]2C=CCC[C@H]2C(=O)OCC)[C@@H]1c1ccc(OC)cc1. The average Bonchev–Trinajstić information content (AvgIpc) is 2.72. The lowest BCUT2D eigenvalue weighted by Crippen LogP contribution is -2.59. The van der Waals surface area contributed by atoms with E-state index in [0.717, 1.165) is 43.5 Å². The maximum atomic E-state index is 13.1. The number of carbonyl (C=O) groups excluding carboxylic acids is 2. The van der Waals surface area contributed by atoms with Gasteiger partial charge in [0.2, 0.25) is 5.91 Å². The summed E-state index contributed by atoms with van der Waals surface area (Å²) in [6.07, 6.45) is 7.79. The van der Waals surface area contributed by atoms with Crippen molar-refractivity contribution in [2.45, 2.75) is 45.6 Å². The Bertz CT molecular complexity index is 712. The fraction of sp³-hybridized carbons (Fsp3) is 0.565. The van der Waals surface area contributed by atoms with E-state index >= 15 is 0 Å². The molecule has 2 aliphatic rings. The van der Waals surface area contributed by atoms with Crippen LogP contribution in [-0.4, -0.2) is 37.0 Å². The molecule has 1 heterocycles. The molecule has 5 nitrogen and oxygen atoms in total.